The van der Waals surface area contributed by atoms with Crippen molar-refractivity contribution < 1.29 is 9.53 Å². The molecule has 0 saturated heterocycles. The molecule has 0 aromatic heterocycles. The number of ether oxygens (including phenoxy) is 1. The molecule has 1 aliphatic heterocycles. The minimum absolute atomic E-state index is 0.0249. The van der Waals surface area contributed by atoms with E-state index in [2.05, 4.69) is 19.9 Å². The summed E-state index contributed by atoms with van der Waals surface area (Å²) in [5.41, 5.74) is 2.07. The second kappa shape index (κ2) is 5.23. The second-order valence-corrected chi connectivity index (χ2v) is 7.00. The maximum atomic E-state index is 12.4. The van der Waals surface area contributed by atoms with Gasteiger partial charge < -0.3 is 4.74 Å². The number of carbonyl (C=O) groups excluding carboxylic acids is 1. The van der Waals surface area contributed by atoms with E-state index in [1.54, 1.807) is 0 Å². The third-order valence-corrected chi connectivity index (χ3v) is 4.87. The molecule has 1 saturated carbocycles. The Labute approximate surface area is 121 Å². The molecule has 1 heterocycles. The van der Waals surface area contributed by atoms with Crippen LogP contribution in [0.25, 0.3) is 0 Å². The van der Waals surface area contributed by atoms with Crippen molar-refractivity contribution in [3.8, 4) is 5.75 Å². The van der Waals surface area contributed by atoms with E-state index in [0.29, 0.717) is 18.8 Å². The first kappa shape index (κ1) is 13.7. The number of fused-ring (bicyclic) bond motifs is 1. The van der Waals surface area contributed by atoms with E-state index >= 15 is 0 Å². The molecule has 0 N–H and O–H groups in total. The number of hydrogen-bond acceptors (Lipinski definition) is 2. The number of ketones is 1. The van der Waals surface area contributed by atoms with Crippen molar-refractivity contribution >= 4 is 5.78 Å². The normalized spacial score (nSPS) is 20.7. The maximum absolute atomic E-state index is 12.4. The van der Waals surface area contributed by atoms with Crippen LogP contribution >= 0.6 is 0 Å². The number of hydrogen-bond donors (Lipinski definition) is 0. The first-order valence-corrected chi connectivity index (χ1v) is 7.87. The van der Waals surface area contributed by atoms with Crippen LogP contribution in [0.5, 0.6) is 5.75 Å². The lowest BCUT2D eigenvalue weighted by atomic mass is 9.85. The van der Waals surface area contributed by atoms with E-state index in [1.165, 1.54) is 31.2 Å². The summed E-state index contributed by atoms with van der Waals surface area (Å²) >= 11 is 0. The van der Waals surface area contributed by atoms with Crippen LogP contribution in [0.1, 0.15) is 68.3 Å². The zero-order valence-corrected chi connectivity index (χ0v) is 12.6. The summed E-state index contributed by atoms with van der Waals surface area (Å²) in [4.78, 5) is 12.4. The number of benzene rings is 1. The van der Waals surface area contributed by atoms with Gasteiger partial charge in [-0.2, -0.15) is 0 Å². The van der Waals surface area contributed by atoms with Gasteiger partial charge in [-0.3, -0.25) is 4.79 Å². The van der Waals surface area contributed by atoms with E-state index in [0.717, 1.165) is 23.7 Å². The molecule has 20 heavy (non-hydrogen) atoms. The van der Waals surface area contributed by atoms with E-state index in [-0.39, 0.29) is 5.41 Å². The fraction of sp³-hybridized carbons (Fsp3) is 0.611. The molecule has 0 amide bonds. The van der Waals surface area contributed by atoms with Gasteiger partial charge in [0.05, 0.1) is 6.61 Å². The molecular weight excluding hydrogens is 248 g/mol. The lowest BCUT2D eigenvalue weighted by Crippen LogP contribution is -2.18. The summed E-state index contributed by atoms with van der Waals surface area (Å²) in [5.74, 6) is 2.03. The Morgan fingerprint density at radius 3 is 2.80 bits per heavy atom. The molecule has 1 fully saturated rings. The van der Waals surface area contributed by atoms with Gasteiger partial charge in [-0.05, 0) is 30.5 Å². The Morgan fingerprint density at radius 1 is 1.30 bits per heavy atom. The largest absolute Gasteiger partial charge is 0.492 e. The molecule has 0 atom stereocenters. The smallest absolute Gasteiger partial charge is 0.162 e. The van der Waals surface area contributed by atoms with Crippen molar-refractivity contribution in [2.45, 2.75) is 57.8 Å². The average Bonchev–Trinajstić information content (AvgIpc) is 3.04. The van der Waals surface area contributed by atoms with Gasteiger partial charge in [-0.1, -0.05) is 39.5 Å². The van der Waals surface area contributed by atoms with E-state index in [1.807, 2.05) is 12.1 Å². The van der Waals surface area contributed by atoms with Crippen molar-refractivity contribution in [3.05, 3.63) is 29.3 Å². The summed E-state index contributed by atoms with van der Waals surface area (Å²) < 4.78 is 5.68. The highest BCUT2D eigenvalue weighted by molar-refractivity contribution is 5.96. The van der Waals surface area contributed by atoms with E-state index in [9.17, 15) is 4.79 Å². The van der Waals surface area contributed by atoms with Crippen molar-refractivity contribution in [1.82, 2.24) is 0 Å². The second-order valence-electron chi connectivity index (χ2n) is 7.00. The highest BCUT2D eigenvalue weighted by atomic mass is 16.5. The zero-order chi connectivity index (χ0) is 14.2. The van der Waals surface area contributed by atoms with Crippen LogP contribution in [-0.2, 0) is 5.41 Å². The van der Waals surface area contributed by atoms with Gasteiger partial charge in [-0.25, -0.2) is 0 Å². The highest BCUT2D eigenvalue weighted by Gasteiger charge is 2.32. The zero-order valence-electron chi connectivity index (χ0n) is 12.6. The van der Waals surface area contributed by atoms with Crippen LogP contribution in [-0.4, -0.2) is 12.4 Å². The highest BCUT2D eigenvalue weighted by Crippen LogP contribution is 2.39. The third kappa shape index (κ3) is 2.61. The van der Waals surface area contributed by atoms with E-state index < -0.39 is 0 Å². The maximum Gasteiger partial charge on any atom is 0.162 e. The Kier molecular flexibility index (Phi) is 3.57. The molecular formula is C18H24O2. The number of Topliss-reactive ketones (excluding diaryl/α,β-unsaturated/α-hetero) is 1. The van der Waals surface area contributed by atoms with Gasteiger partial charge in [0, 0.05) is 23.0 Å². The minimum Gasteiger partial charge on any atom is -0.492 e. The Morgan fingerprint density at radius 2 is 2.05 bits per heavy atom. The molecule has 1 aromatic rings. The van der Waals surface area contributed by atoms with E-state index in [4.69, 9.17) is 4.74 Å². The Balaban J connectivity index is 1.69. The number of carbonyl (C=O) groups is 1. The molecule has 0 unspecified atom stereocenters. The van der Waals surface area contributed by atoms with Gasteiger partial charge in [0.1, 0.15) is 5.75 Å². The summed E-state index contributed by atoms with van der Waals surface area (Å²) in [6.45, 7) is 5.05. The first-order valence-electron chi connectivity index (χ1n) is 7.87. The predicted octanol–water partition coefficient (Wildman–Crippen LogP) is 4.51. The lowest BCUT2D eigenvalue weighted by molar-refractivity contribution is 0.0974. The van der Waals surface area contributed by atoms with Crippen molar-refractivity contribution in [2.75, 3.05) is 6.61 Å². The SMILES string of the molecule is CC1(C)COc2ccc(C(=O)CCC3CCCC3)cc21. The molecule has 0 spiro atoms. The monoisotopic (exact) mass is 272 g/mol. The van der Waals surface area contributed by atoms with Gasteiger partial charge in [-0.15, -0.1) is 0 Å². The van der Waals surface area contributed by atoms with Gasteiger partial charge in [0.15, 0.2) is 5.78 Å². The van der Waals surface area contributed by atoms with Crippen LogP contribution in [0.4, 0.5) is 0 Å². The topological polar surface area (TPSA) is 26.3 Å². The third-order valence-electron chi connectivity index (χ3n) is 4.87. The molecule has 2 nitrogen and oxygen atoms in total. The standard InChI is InChI=1S/C18H24O2/c1-18(2)12-20-17-10-8-14(11-15(17)18)16(19)9-7-13-5-3-4-6-13/h8,10-11,13H,3-7,9,12H2,1-2H3. The molecule has 0 radical (unpaired) electrons. The van der Waals surface area contributed by atoms with Crippen molar-refractivity contribution in [3.63, 3.8) is 0 Å². The van der Waals surface area contributed by atoms with Gasteiger partial charge >= 0.3 is 0 Å². The molecule has 0 bridgehead atoms. The predicted molar refractivity (Wildman–Crippen MR) is 80.5 cm³/mol. The van der Waals surface area contributed by atoms with Crippen LogP contribution in [0.3, 0.4) is 0 Å². The molecule has 108 valence electrons. The van der Waals surface area contributed by atoms with Crippen molar-refractivity contribution in [1.29, 1.82) is 0 Å². The Hall–Kier alpha value is -1.31. The lowest BCUT2D eigenvalue weighted by Gasteiger charge is -2.15. The molecule has 3 rings (SSSR count). The first-order chi connectivity index (χ1) is 9.56. The summed E-state index contributed by atoms with van der Waals surface area (Å²) in [6.07, 6.45) is 7.10. The van der Waals surface area contributed by atoms with Gasteiger partial charge in [0.25, 0.3) is 0 Å². The Bertz CT molecular complexity index is 510. The van der Waals surface area contributed by atoms with Crippen LogP contribution < -0.4 is 4.74 Å². The quantitative estimate of drug-likeness (QED) is 0.754. The van der Waals surface area contributed by atoms with Crippen LogP contribution in [0.15, 0.2) is 18.2 Å². The summed E-state index contributed by atoms with van der Waals surface area (Å²) in [5, 5.41) is 0. The average molecular weight is 272 g/mol. The van der Waals surface area contributed by atoms with Gasteiger partial charge in [0.2, 0.25) is 0 Å². The van der Waals surface area contributed by atoms with Crippen molar-refractivity contribution in [2.24, 2.45) is 5.92 Å². The fourth-order valence-electron chi connectivity index (χ4n) is 3.47. The number of rotatable bonds is 4. The molecule has 2 aliphatic rings. The molecule has 1 aliphatic carbocycles. The summed E-state index contributed by atoms with van der Waals surface area (Å²) in [7, 11) is 0. The fourth-order valence-corrected chi connectivity index (χ4v) is 3.47. The molecule has 1 aromatic carbocycles. The minimum atomic E-state index is 0.0249. The molecule has 2 heteroatoms. The summed E-state index contributed by atoms with van der Waals surface area (Å²) in [6, 6.07) is 5.95. The van der Waals surface area contributed by atoms with Crippen LogP contribution in [0, 0.1) is 5.92 Å². The van der Waals surface area contributed by atoms with Crippen LogP contribution in [0.2, 0.25) is 0 Å².